The number of amides is 2. The average Bonchev–Trinajstić information content (AvgIpc) is 3.36. The first-order valence-corrected chi connectivity index (χ1v) is 8.91. The minimum atomic E-state index is -0.849. The summed E-state index contributed by atoms with van der Waals surface area (Å²) < 4.78 is 10.4. The van der Waals surface area contributed by atoms with Gasteiger partial charge in [-0.05, 0) is 56.5 Å². The lowest BCUT2D eigenvalue weighted by molar-refractivity contribution is -0.138. The number of hydrogen-bond donors (Lipinski definition) is 1. The summed E-state index contributed by atoms with van der Waals surface area (Å²) in [4.78, 5) is 38.6. The zero-order valence-corrected chi connectivity index (χ0v) is 15.4. The standard InChI is InChI=1S/C20H22N2O5/c1-13-7-8-15(12-16(13)21-18(23)17-6-5-11-26-17)20(25)27-14(2)19(24)22-9-3-4-10-22/h5-8,11-12,14H,3-4,9-10H2,1-2H3,(H,21,23)/t14-/m1/s1. The van der Waals surface area contributed by atoms with Crippen LogP contribution in [0.25, 0.3) is 0 Å². The number of anilines is 1. The second-order valence-electron chi connectivity index (χ2n) is 6.54. The van der Waals surface area contributed by atoms with Gasteiger partial charge in [0.15, 0.2) is 11.9 Å². The first-order valence-electron chi connectivity index (χ1n) is 8.91. The number of nitrogens with zero attached hydrogens (tertiary/aromatic N) is 1. The smallest absolute Gasteiger partial charge is 0.338 e. The molecule has 1 aromatic carbocycles. The Labute approximate surface area is 157 Å². The third-order valence-corrected chi connectivity index (χ3v) is 4.52. The molecular weight excluding hydrogens is 348 g/mol. The van der Waals surface area contributed by atoms with Crippen molar-refractivity contribution in [1.29, 1.82) is 0 Å². The zero-order valence-electron chi connectivity index (χ0n) is 15.4. The summed E-state index contributed by atoms with van der Waals surface area (Å²) in [5, 5.41) is 2.71. The van der Waals surface area contributed by atoms with Crippen molar-refractivity contribution in [2.75, 3.05) is 18.4 Å². The Kier molecular flexibility index (Phi) is 5.59. The van der Waals surface area contributed by atoms with E-state index in [0.717, 1.165) is 18.4 Å². The molecule has 3 rings (SSSR count). The van der Waals surface area contributed by atoms with Gasteiger partial charge in [0.2, 0.25) is 0 Å². The fraction of sp³-hybridized carbons (Fsp3) is 0.350. The van der Waals surface area contributed by atoms with Crippen molar-refractivity contribution < 1.29 is 23.5 Å². The molecule has 1 aromatic heterocycles. The van der Waals surface area contributed by atoms with Crippen LogP contribution in [0.3, 0.4) is 0 Å². The van der Waals surface area contributed by atoms with Crippen LogP contribution in [0, 0.1) is 6.92 Å². The molecule has 142 valence electrons. The molecule has 0 unspecified atom stereocenters. The van der Waals surface area contributed by atoms with E-state index in [4.69, 9.17) is 9.15 Å². The molecule has 0 saturated carbocycles. The Bertz CT molecular complexity index is 838. The lowest BCUT2D eigenvalue weighted by Crippen LogP contribution is -2.38. The highest BCUT2D eigenvalue weighted by molar-refractivity contribution is 6.03. The number of carbonyl (C=O) groups excluding carboxylic acids is 3. The van der Waals surface area contributed by atoms with Gasteiger partial charge >= 0.3 is 5.97 Å². The van der Waals surface area contributed by atoms with Gasteiger partial charge in [0, 0.05) is 18.8 Å². The summed E-state index contributed by atoms with van der Waals surface area (Å²) in [6.07, 6.45) is 2.51. The highest BCUT2D eigenvalue weighted by Crippen LogP contribution is 2.20. The molecule has 1 saturated heterocycles. The molecule has 1 aliphatic rings. The molecule has 1 fully saturated rings. The molecule has 0 radical (unpaired) electrons. The fourth-order valence-corrected chi connectivity index (χ4v) is 2.95. The van der Waals surface area contributed by atoms with E-state index in [1.165, 1.54) is 12.3 Å². The molecule has 2 heterocycles. The van der Waals surface area contributed by atoms with E-state index in [2.05, 4.69) is 5.32 Å². The van der Waals surface area contributed by atoms with Crippen molar-refractivity contribution >= 4 is 23.5 Å². The minimum absolute atomic E-state index is 0.173. The molecule has 0 bridgehead atoms. The third-order valence-electron chi connectivity index (χ3n) is 4.52. The highest BCUT2D eigenvalue weighted by Gasteiger charge is 2.26. The molecule has 27 heavy (non-hydrogen) atoms. The van der Waals surface area contributed by atoms with Crippen molar-refractivity contribution in [3.63, 3.8) is 0 Å². The van der Waals surface area contributed by atoms with E-state index in [1.54, 1.807) is 36.1 Å². The fourth-order valence-electron chi connectivity index (χ4n) is 2.95. The van der Waals surface area contributed by atoms with E-state index in [1.807, 2.05) is 6.92 Å². The van der Waals surface area contributed by atoms with Gasteiger partial charge in [0.25, 0.3) is 11.8 Å². The predicted octanol–water partition coefficient (Wildman–Crippen LogP) is 3.01. The monoisotopic (exact) mass is 370 g/mol. The SMILES string of the molecule is Cc1ccc(C(=O)O[C@H](C)C(=O)N2CCCC2)cc1NC(=O)c1ccco1. The minimum Gasteiger partial charge on any atom is -0.459 e. The van der Waals surface area contributed by atoms with Gasteiger partial charge in [0.05, 0.1) is 11.8 Å². The Morgan fingerprint density at radius 3 is 2.59 bits per heavy atom. The molecular formula is C20H22N2O5. The quantitative estimate of drug-likeness (QED) is 0.818. The van der Waals surface area contributed by atoms with Crippen molar-refractivity contribution in [3.8, 4) is 0 Å². The molecule has 2 aromatic rings. The van der Waals surface area contributed by atoms with Gasteiger partial charge in [0.1, 0.15) is 0 Å². The summed E-state index contributed by atoms with van der Waals surface area (Å²) in [5.74, 6) is -1.03. The molecule has 7 nitrogen and oxygen atoms in total. The lowest BCUT2D eigenvalue weighted by atomic mass is 10.1. The average molecular weight is 370 g/mol. The van der Waals surface area contributed by atoms with Crippen molar-refractivity contribution in [2.45, 2.75) is 32.8 Å². The number of nitrogens with one attached hydrogen (secondary N) is 1. The maximum atomic E-state index is 12.4. The van der Waals surface area contributed by atoms with Crippen LogP contribution in [0.2, 0.25) is 0 Å². The first kappa shape index (κ1) is 18.7. The number of esters is 1. The Hall–Kier alpha value is -3.09. The topological polar surface area (TPSA) is 88.9 Å². The van der Waals surface area contributed by atoms with Gasteiger partial charge in [-0.15, -0.1) is 0 Å². The van der Waals surface area contributed by atoms with Crippen LogP contribution in [-0.4, -0.2) is 41.9 Å². The van der Waals surface area contributed by atoms with Crippen LogP contribution >= 0.6 is 0 Å². The third kappa shape index (κ3) is 4.36. The van der Waals surface area contributed by atoms with E-state index in [0.29, 0.717) is 18.8 Å². The van der Waals surface area contributed by atoms with Crippen molar-refractivity contribution in [3.05, 3.63) is 53.5 Å². The van der Waals surface area contributed by atoms with Crippen molar-refractivity contribution in [2.24, 2.45) is 0 Å². The molecule has 0 spiro atoms. The number of likely N-dealkylation sites (tertiary alicyclic amines) is 1. The number of furan rings is 1. The zero-order chi connectivity index (χ0) is 19.4. The van der Waals surface area contributed by atoms with Gasteiger partial charge in [-0.1, -0.05) is 6.07 Å². The molecule has 0 aliphatic carbocycles. The second-order valence-corrected chi connectivity index (χ2v) is 6.54. The summed E-state index contributed by atoms with van der Waals surface area (Å²) in [5.41, 5.74) is 1.52. The number of carbonyl (C=O) groups is 3. The Morgan fingerprint density at radius 2 is 1.93 bits per heavy atom. The van der Waals surface area contributed by atoms with Crippen LogP contribution in [0.15, 0.2) is 41.0 Å². The first-order chi connectivity index (χ1) is 13.0. The van der Waals surface area contributed by atoms with E-state index >= 15 is 0 Å². The maximum Gasteiger partial charge on any atom is 0.338 e. The second kappa shape index (κ2) is 8.07. The van der Waals surface area contributed by atoms with Crippen LogP contribution in [0.4, 0.5) is 5.69 Å². The normalized spacial score (nSPS) is 14.7. The van der Waals surface area contributed by atoms with E-state index in [-0.39, 0.29) is 17.2 Å². The number of benzene rings is 1. The molecule has 1 N–H and O–H groups in total. The van der Waals surface area contributed by atoms with Gasteiger partial charge in [-0.2, -0.15) is 0 Å². The largest absolute Gasteiger partial charge is 0.459 e. The Morgan fingerprint density at radius 1 is 1.19 bits per heavy atom. The summed E-state index contributed by atoms with van der Waals surface area (Å²) in [7, 11) is 0. The summed E-state index contributed by atoms with van der Waals surface area (Å²) >= 11 is 0. The number of hydrogen-bond acceptors (Lipinski definition) is 5. The van der Waals surface area contributed by atoms with Gasteiger partial charge in [-0.3, -0.25) is 9.59 Å². The summed E-state index contributed by atoms with van der Waals surface area (Å²) in [6, 6.07) is 8.02. The number of aryl methyl sites for hydroxylation is 1. The molecule has 1 atom stereocenters. The number of rotatable bonds is 5. The van der Waals surface area contributed by atoms with Gasteiger partial charge < -0.3 is 19.4 Å². The predicted molar refractivity (Wildman–Crippen MR) is 98.5 cm³/mol. The maximum absolute atomic E-state index is 12.4. The van der Waals surface area contributed by atoms with E-state index in [9.17, 15) is 14.4 Å². The highest BCUT2D eigenvalue weighted by atomic mass is 16.5. The van der Waals surface area contributed by atoms with Gasteiger partial charge in [-0.25, -0.2) is 4.79 Å². The molecule has 2 amide bonds. The van der Waals surface area contributed by atoms with Crippen molar-refractivity contribution in [1.82, 2.24) is 4.90 Å². The van der Waals surface area contributed by atoms with Crippen LogP contribution < -0.4 is 5.32 Å². The van der Waals surface area contributed by atoms with Crippen LogP contribution in [-0.2, 0) is 9.53 Å². The molecule has 7 heteroatoms. The van der Waals surface area contributed by atoms with Crippen LogP contribution in [0.1, 0.15) is 46.2 Å². The lowest BCUT2D eigenvalue weighted by Gasteiger charge is -2.20. The molecule has 1 aliphatic heterocycles. The Balaban J connectivity index is 1.68. The van der Waals surface area contributed by atoms with E-state index < -0.39 is 18.0 Å². The van der Waals surface area contributed by atoms with Crippen LogP contribution in [0.5, 0.6) is 0 Å². The summed E-state index contributed by atoms with van der Waals surface area (Å²) in [6.45, 7) is 4.79. The number of ether oxygens (including phenoxy) is 1.